The lowest BCUT2D eigenvalue weighted by Crippen LogP contribution is -2.33. The molecule has 1 rings (SSSR count). The van der Waals surface area contributed by atoms with Crippen LogP contribution in [0.3, 0.4) is 0 Å². The number of rotatable bonds is 7. The number of hydrogen-bond donors (Lipinski definition) is 1. The molecule has 0 aromatic carbocycles. The van der Waals surface area contributed by atoms with Gasteiger partial charge in [0.15, 0.2) is 0 Å². The molecule has 0 spiro atoms. The van der Waals surface area contributed by atoms with Crippen LogP contribution in [0.1, 0.15) is 25.5 Å². The molecule has 0 fully saturated rings. The summed E-state index contributed by atoms with van der Waals surface area (Å²) in [5, 5.41) is 0. The first-order valence-electron chi connectivity index (χ1n) is 6.50. The van der Waals surface area contributed by atoms with Crippen LogP contribution in [0.4, 0.5) is 0 Å². The lowest BCUT2D eigenvalue weighted by molar-refractivity contribution is -0.133. The summed E-state index contributed by atoms with van der Waals surface area (Å²) in [5.41, 5.74) is 6.47. The normalized spacial score (nSPS) is 12.2. The van der Waals surface area contributed by atoms with Crippen LogP contribution in [-0.4, -0.2) is 35.9 Å². The van der Waals surface area contributed by atoms with Crippen LogP contribution in [0, 0.1) is 5.92 Å². The molecule has 4 nitrogen and oxygen atoms in total. The van der Waals surface area contributed by atoms with Crippen molar-refractivity contribution in [3.05, 3.63) is 30.1 Å². The van der Waals surface area contributed by atoms with Gasteiger partial charge in [-0.3, -0.25) is 9.78 Å². The van der Waals surface area contributed by atoms with Crippen molar-refractivity contribution in [1.82, 2.24) is 9.88 Å². The average Bonchev–Trinajstić information content (AvgIpc) is 2.42. The van der Waals surface area contributed by atoms with Crippen molar-refractivity contribution < 1.29 is 4.79 Å². The van der Waals surface area contributed by atoms with Crippen LogP contribution in [0.5, 0.6) is 0 Å². The summed E-state index contributed by atoms with van der Waals surface area (Å²) in [5.74, 6) is 0.252. The van der Waals surface area contributed by atoms with Crippen molar-refractivity contribution in [2.75, 3.05) is 20.1 Å². The molecule has 0 bridgehead atoms. The van der Waals surface area contributed by atoms with Gasteiger partial charge in [-0.25, -0.2) is 0 Å². The van der Waals surface area contributed by atoms with E-state index in [1.54, 1.807) is 11.1 Å². The Morgan fingerprint density at radius 1 is 1.50 bits per heavy atom. The molecule has 1 aromatic rings. The van der Waals surface area contributed by atoms with Crippen molar-refractivity contribution in [2.24, 2.45) is 11.7 Å². The minimum atomic E-state index is 0.0577. The second kappa shape index (κ2) is 7.82. The van der Waals surface area contributed by atoms with Crippen LogP contribution in [-0.2, 0) is 11.2 Å². The number of carbonyl (C=O) groups excluding carboxylic acids is 1. The number of pyridine rings is 1. The number of hydrogen-bond acceptors (Lipinski definition) is 3. The number of aromatic nitrogens is 1. The molecule has 0 aliphatic heterocycles. The van der Waals surface area contributed by atoms with E-state index in [2.05, 4.69) is 4.98 Å². The summed E-state index contributed by atoms with van der Waals surface area (Å²) >= 11 is 0. The molecular formula is C14H23N3O. The predicted octanol–water partition coefficient (Wildman–Crippen LogP) is 1.46. The van der Waals surface area contributed by atoms with Crippen LogP contribution < -0.4 is 5.73 Å². The largest absolute Gasteiger partial charge is 0.345 e. The fourth-order valence-corrected chi connectivity index (χ4v) is 1.86. The highest BCUT2D eigenvalue weighted by Gasteiger charge is 2.16. The molecule has 0 radical (unpaired) electrons. The molecule has 0 saturated carbocycles. The van der Waals surface area contributed by atoms with Crippen molar-refractivity contribution in [3.8, 4) is 0 Å². The van der Waals surface area contributed by atoms with Gasteiger partial charge in [-0.05, 0) is 31.5 Å². The first-order chi connectivity index (χ1) is 8.65. The fraction of sp³-hybridized carbons (Fsp3) is 0.571. The van der Waals surface area contributed by atoms with Crippen LogP contribution >= 0.6 is 0 Å². The number of nitrogens with zero attached hydrogens (tertiary/aromatic N) is 2. The summed E-state index contributed by atoms with van der Waals surface area (Å²) in [4.78, 5) is 18.1. The van der Waals surface area contributed by atoms with E-state index in [9.17, 15) is 4.79 Å². The van der Waals surface area contributed by atoms with E-state index in [0.717, 1.165) is 25.0 Å². The minimum absolute atomic E-state index is 0.0577. The summed E-state index contributed by atoms with van der Waals surface area (Å²) < 4.78 is 0. The minimum Gasteiger partial charge on any atom is -0.345 e. The zero-order chi connectivity index (χ0) is 13.4. The Bertz CT molecular complexity index is 353. The van der Waals surface area contributed by atoms with Gasteiger partial charge >= 0.3 is 0 Å². The van der Waals surface area contributed by atoms with Gasteiger partial charge in [-0.15, -0.1) is 0 Å². The smallest absolute Gasteiger partial charge is 0.225 e. The maximum atomic E-state index is 12.0. The maximum absolute atomic E-state index is 12.0. The first-order valence-corrected chi connectivity index (χ1v) is 6.50. The Morgan fingerprint density at radius 3 is 2.89 bits per heavy atom. The monoisotopic (exact) mass is 249 g/mol. The lowest BCUT2D eigenvalue weighted by Gasteiger charge is -2.21. The second-order valence-corrected chi connectivity index (χ2v) is 4.66. The van der Waals surface area contributed by atoms with E-state index >= 15 is 0 Å². The molecule has 4 heteroatoms. The van der Waals surface area contributed by atoms with E-state index in [-0.39, 0.29) is 11.8 Å². The Kier molecular flexibility index (Phi) is 6.36. The molecule has 1 amide bonds. The quantitative estimate of drug-likeness (QED) is 0.796. The van der Waals surface area contributed by atoms with Crippen LogP contribution in [0.25, 0.3) is 0 Å². The summed E-state index contributed by atoms with van der Waals surface area (Å²) in [7, 11) is 1.85. The van der Waals surface area contributed by atoms with E-state index in [1.807, 2.05) is 32.2 Å². The van der Waals surface area contributed by atoms with Crippen molar-refractivity contribution in [3.63, 3.8) is 0 Å². The van der Waals surface area contributed by atoms with Gasteiger partial charge in [0.25, 0.3) is 0 Å². The molecule has 1 unspecified atom stereocenters. The molecule has 0 aliphatic rings. The van der Waals surface area contributed by atoms with Gasteiger partial charge in [0, 0.05) is 37.8 Å². The fourth-order valence-electron chi connectivity index (χ4n) is 1.86. The van der Waals surface area contributed by atoms with Gasteiger partial charge in [0.2, 0.25) is 5.91 Å². The third-order valence-electron chi connectivity index (χ3n) is 3.07. The molecule has 0 saturated heterocycles. The highest BCUT2D eigenvalue weighted by Crippen LogP contribution is 2.09. The van der Waals surface area contributed by atoms with E-state index < -0.39 is 0 Å². The summed E-state index contributed by atoms with van der Waals surface area (Å²) in [6, 6.07) is 5.84. The van der Waals surface area contributed by atoms with Crippen LogP contribution in [0.15, 0.2) is 24.4 Å². The number of nitrogens with two attached hydrogens (primary N) is 1. The molecule has 100 valence electrons. The van der Waals surface area contributed by atoms with Crippen molar-refractivity contribution >= 4 is 5.91 Å². The van der Waals surface area contributed by atoms with Crippen molar-refractivity contribution in [2.45, 2.75) is 26.2 Å². The van der Waals surface area contributed by atoms with E-state index in [4.69, 9.17) is 5.73 Å². The standard InChI is InChI=1S/C14H23N3O/c1-12(6-5-9-15)14(18)17(2)11-8-13-7-3-4-10-16-13/h3-4,7,10,12H,5-6,8-9,11,15H2,1-2H3. The van der Waals surface area contributed by atoms with Gasteiger partial charge in [0.1, 0.15) is 0 Å². The summed E-state index contributed by atoms with van der Waals surface area (Å²) in [6.07, 6.45) is 4.35. The average molecular weight is 249 g/mol. The highest BCUT2D eigenvalue weighted by molar-refractivity contribution is 5.78. The Labute approximate surface area is 109 Å². The van der Waals surface area contributed by atoms with Crippen molar-refractivity contribution in [1.29, 1.82) is 0 Å². The number of carbonyl (C=O) groups is 1. The molecule has 1 atom stereocenters. The number of likely N-dealkylation sites (N-methyl/N-ethyl adjacent to an activating group) is 1. The van der Waals surface area contributed by atoms with Gasteiger partial charge in [0.05, 0.1) is 0 Å². The van der Waals surface area contributed by atoms with E-state index in [0.29, 0.717) is 13.1 Å². The number of amides is 1. The van der Waals surface area contributed by atoms with Gasteiger partial charge in [-0.2, -0.15) is 0 Å². The predicted molar refractivity (Wildman–Crippen MR) is 73.0 cm³/mol. The molecule has 1 heterocycles. The maximum Gasteiger partial charge on any atom is 0.225 e. The zero-order valence-electron chi connectivity index (χ0n) is 11.3. The van der Waals surface area contributed by atoms with Gasteiger partial charge in [-0.1, -0.05) is 13.0 Å². The topological polar surface area (TPSA) is 59.2 Å². The van der Waals surface area contributed by atoms with E-state index in [1.165, 1.54) is 0 Å². The molecular weight excluding hydrogens is 226 g/mol. The molecule has 0 aliphatic carbocycles. The Balaban J connectivity index is 2.35. The SMILES string of the molecule is CC(CCCN)C(=O)N(C)CCc1ccccn1. The Hall–Kier alpha value is -1.42. The first kappa shape index (κ1) is 14.6. The molecule has 1 aromatic heterocycles. The second-order valence-electron chi connectivity index (χ2n) is 4.66. The third kappa shape index (κ3) is 4.84. The molecule has 2 N–H and O–H groups in total. The highest BCUT2D eigenvalue weighted by atomic mass is 16.2. The zero-order valence-corrected chi connectivity index (χ0v) is 11.3. The summed E-state index contributed by atoms with van der Waals surface area (Å²) in [6.45, 7) is 3.33. The van der Waals surface area contributed by atoms with Crippen LogP contribution in [0.2, 0.25) is 0 Å². The lowest BCUT2D eigenvalue weighted by atomic mass is 10.0. The third-order valence-corrected chi connectivity index (χ3v) is 3.07. The molecule has 18 heavy (non-hydrogen) atoms. The van der Waals surface area contributed by atoms with Gasteiger partial charge < -0.3 is 10.6 Å². The Morgan fingerprint density at radius 2 is 2.28 bits per heavy atom.